The van der Waals surface area contributed by atoms with Crippen LogP contribution in [0.1, 0.15) is 23.9 Å². The minimum Gasteiger partial charge on any atom is -0.315 e. The van der Waals surface area contributed by atoms with Gasteiger partial charge >= 0.3 is 0 Å². The number of carbonyl (C=O) groups excluding carboxylic acids is 1. The van der Waals surface area contributed by atoms with Crippen molar-refractivity contribution in [1.82, 2.24) is 19.6 Å². The molecule has 6 nitrogen and oxygen atoms in total. The molecule has 0 aliphatic carbocycles. The molecular weight excluding hydrogens is 334 g/mol. The molecule has 2 aromatic heterocycles. The number of thioether (sulfide) groups is 1. The van der Waals surface area contributed by atoms with Crippen molar-refractivity contribution >= 4 is 29.1 Å². The van der Waals surface area contributed by atoms with E-state index in [1.54, 1.807) is 16.5 Å². The summed E-state index contributed by atoms with van der Waals surface area (Å²) in [7, 11) is 1.78. The average Bonchev–Trinajstić information content (AvgIpc) is 3.01. The Labute approximate surface area is 151 Å². The van der Waals surface area contributed by atoms with E-state index in [0.29, 0.717) is 10.9 Å². The minimum absolute atomic E-state index is 0.00657. The van der Waals surface area contributed by atoms with E-state index < -0.39 is 0 Å². The number of rotatable bonds is 4. The summed E-state index contributed by atoms with van der Waals surface area (Å²) in [5, 5.41) is 4.76. The number of para-hydroxylation sites is 1. The monoisotopic (exact) mass is 355 g/mol. The first-order valence-electron chi connectivity index (χ1n) is 8.08. The molecule has 0 aliphatic heterocycles. The van der Waals surface area contributed by atoms with Crippen molar-refractivity contribution in [2.75, 3.05) is 11.9 Å². The van der Waals surface area contributed by atoms with Crippen molar-refractivity contribution < 1.29 is 4.79 Å². The van der Waals surface area contributed by atoms with Crippen LogP contribution in [-0.4, -0.2) is 37.8 Å². The molecule has 3 rings (SSSR count). The molecule has 0 spiro atoms. The van der Waals surface area contributed by atoms with Crippen molar-refractivity contribution in [1.29, 1.82) is 0 Å². The van der Waals surface area contributed by atoms with Gasteiger partial charge in [-0.05, 0) is 45.4 Å². The largest absolute Gasteiger partial charge is 0.315 e. The molecule has 3 aromatic rings. The molecule has 130 valence electrons. The van der Waals surface area contributed by atoms with Crippen LogP contribution in [-0.2, 0) is 4.79 Å². The highest BCUT2D eigenvalue weighted by Crippen LogP contribution is 2.24. The summed E-state index contributed by atoms with van der Waals surface area (Å²) in [5.41, 5.74) is 3.93. The summed E-state index contributed by atoms with van der Waals surface area (Å²) in [6, 6.07) is 9.59. The van der Waals surface area contributed by atoms with Gasteiger partial charge in [0.2, 0.25) is 11.1 Å². The third kappa shape index (κ3) is 3.37. The molecule has 0 N–H and O–H groups in total. The van der Waals surface area contributed by atoms with E-state index >= 15 is 0 Å². The molecule has 0 radical (unpaired) electrons. The van der Waals surface area contributed by atoms with Crippen LogP contribution in [0, 0.1) is 20.8 Å². The third-order valence-corrected chi connectivity index (χ3v) is 5.28. The lowest BCUT2D eigenvalue weighted by atomic mass is 10.2. The van der Waals surface area contributed by atoms with Gasteiger partial charge in [0.05, 0.1) is 5.25 Å². The highest BCUT2D eigenvalue weighted by molar-refractivity contribution is 8.00. The van der Waals surface area contributed by atoms with E-state index in [-0.39, 0.29) is 11.2 Å². The molecule has 0 bridgehead atoms. The lowest BCUT2D eigenvalue weighted by Crippen LogP contribution is -2.33. The molecule has 1 amide bonds. The second-order valence-corrected chi connectivity index (χ2v) is 7.31. The third-order valence-electron chi connectivity index (χ3n) is 4.35. The predicted molar refractivity (Wildman–Crippen MR) is 100 cm³/mol. The van der Waals surface area contributed by atoms with Crippen LogP contribution in [0.5, 0.6) is 0 Å². The van der Waals surface area contributed by atoms with Gasteiger partial charge in [-0.3, -0.25) is 4.79 Å². The molecule has 0 saturated carbocycles. The fourth-order valence-corrected chi connectivity index (χ4v) is 3.39. The molecule has 0 fully saturated rings. The van der Waals surface area contributed by atoms with Crippen LogP contribution in [0.2, 0.25) is 0 Å². The van der Waals surface area contributed by atoms with Crippen molar-refractivity contribution in [2.45, 2.75) is 38.1 Å². The number of carbonyl (C=O) groups is 1. The average molecular weight is 355 g/mol. The zero-order chi connectivity index (χ0) is 18.1. The summed E-state index contributed by atoms with van der Waals surface area (Å²) in [6.45, 7) is 7.85. The van der Waals surface area contributed by atoms with E-state index in [0.717, 1.165) is 22.6 Å². The Balaban J connectivity index is 1.81. The Morgan fingerprint density at radius 1 is 1.16 bits per heavy atom. The number of hydrogen-bond acceptors (Lipinski definition) is 5. The maximum Gasteiger partial charge on any atom is 0.253 e. The molecule has 7 heteroatoms. The zero-order valence-electron chi connectivity index (χ0n) is 15.0. The van der Waals surface area contributed by atoms with Gasteiger partial charge in [-0.15, -0.1) is 5.10 Å². The molecule has 1 atom stereocenters. The second-order valence-electron chi connectivity index (χ2n) is 6.01. The van der Waals surface area contributed by atoms with Crippen LogP contribution in [0.25, 0.3) is 5.78 Å². The Morgan fingerprint density at radius 3 is 2.52 bits per heavy atom. The zero-order valence-corrected chi connectivity index (χ0v) is 15.8. The van der Waals surface area contributed by atoms with Gasteiger partial charge in [0.25, 0.3) is 5.78 Å². The number of amides is 1. The number of nitrogens with zero attached hydrogens (tertiary/aromatic N) is 5. The molecule has 2 heterocycles. The second kappa shape index (κ2) is 6.84. The van der Waals surface area contributed by atoms with Crippen molar-refractivity contribution in [2.24, 2.45) is 0 Å². The summed E-state index contributed by atoms with van der Waals surface area (Å²) in [4.78, 5) is 23.3. The van der Waals surface area contributed by atoms with Crippen LogP contribution in [0.3, 0.4) is 0 Å². The van der Waals surface area contributed by atoms with Crippen LogP contribution >= 0.6 is 11.8 Å². The molecule has 0 aliphatic rings. The summed E-state index contributed by atoms with van der Waals surface area (Å²) < 4.78 is 1.74. The molecule has 0 unspecified atom stereocenters. The Morgan fingerprint density at radius 2 is 1.84 bits per heavy atom. The van der Waals surface area contributed by atoms with E-state index in [2.05, 4.69) is 15.1 Å². The topological polar surface area (TPSA) is 63.4 Å². The van der Waals surface area contributed by atoms with Gasteiger partial charge < -0.3 is 4.90 Å². The van der Waals surface area contributed by atoms with Gasteiger partial charge in [-0.25, -0.2) is 9.50 Å². The molecular formula is C18H21N5OS. The first-order chi connectivity index (χ1) is 11.9. The number of hydrogen-bond donors (Lipinski definition) is 0. The Hall–Kier alpha value is -2.41. The quantitative estimate of drug-likeness (QED) is 0.673. The first-order valence-corrected chi connectivity index (χ1v) is 8.96. The Kier molecular flexibility index (Phi) is 4.76. The number of benzene rings is 1. The highest BCUT2D eigenvalue weighted by Gasteiger charge is 2.22. The van der Waals surface area contributed by atoms with Gasteiger partial charge in [0.15, 0.2) is 0 Å². The van der Waals surface area contributed by atoms with Crippen molar-refractivity contribution in [3.05, 3.63) is 47.3 Å². The van der Waals surface area contributed by atoms with Crippen LogP contribution < -0.4 is 4.90 Å². The van der Waals surface area contributed by atoms with Crippen LogP contribution in [0.4, 0.5) is 5.69 Å². The fraction of sp³-hybridized carbons (Fsp3) is 0.333. The molecule has 25 heavy (non-hydrogen) atoms. The van der Waals surface area contributed by atoms with Crippen molar-refractivity contribution in [3.63, 3.8) is 0 Å². The van der Waals surface area contributed by atoms with E-state index in [4.69, 9.17) is 0 Å². The number of fused-ring (bicyclic) bond motifs is 1. The van der Waals surface area contributed by atoms with E-state index in [1.165, 1.54) is 11.8 Å². The summed E-state index contributed by atoms with van der Waals surface area (Å²) >= 11 is 1.35. The Bertz CT molecular complexity index is 922. The lowest BCUT2D eigenvalue weighted by molar-refractivity contribution is -0.117. The molecule has 1 aromatic carbocycles. The van der Waals surface area contributed by atoms with Crippen LogP contribution in [0.15, 0.2) is 35.5 Å². The maximum absolute atomic E-state index is 12.7. The number of anilines is 1. The number of aromatic nitrogens is 4. The van der Waals surface area contributed by atoms with Gasteiger partial charge in [0.1, 0.15) is 0 Å². The van der Waals surface area contributed by atoms with Crippen molar-refractivity contribution in [3.8, 4) is 0 Å². The minimum atomic E-state index is -0.301. The molecule has 0 saturated heterocycles. The summed E-state index contributed by atoms with van der Waals surface area (Å²) in [6.07, 6.45) is 0. The smallest absolute Gasteiger partial charge is 0.253 e. The van der Waals surface area contributed by atoms with Gasteiger partial charge in [-0.2, -0.15) is 4.98 Å². The fourth-order valence-electron chi connectivity index (χ4n) is 2.55. The first kappa shape index (κ1) is 17.4. The number of aryl methyl sites for hydroxylation is 2. The lowest BCUT2D eigenvalue weighted by Gasteiger charge is -2.20. The van der Waals surface area contributed by atoms with Gasteiger partial charge in [-0.1, -0.05) is 30.0 Å². The SMILES string of the molecule is Cc1nc2nc(S[C@H](C)C(=O)N(C)c3ccccc3)nn2c(C)c1C. The normalized spacial score (nSPS) is 12.4. The standard InChI is InChI=1S/C18H21N5OS/c1-11-12(2)19-17-20-18(21-23(17)13(11)3)25-14(4)16(24)22(5)15-9-7-6-8-10-15/h6-10,14H,1-5H3/t14-/m1/s1. The maximum atomic E-state index is 12.7. The highest BCUT2D eigenvalue weighted by atomic mass is 32.2. The van der Waals surface area contributed by atoms with Gasteiger partial charge in [0, 0.05) is 24.1 Å². The van der Waals surface area contributed by atoms with E-state index in [9.17, 15) is 4.79 Å². The van der Waals surface area contributed by atoms with E-state index in [1.807, 2.05) is 58.0 Å². The summed E-state index contributed by atoms with van der Waals surface area (Å²) in [5.74, 6) is 0.575. The predicted octanol–water partition coefficient (Wildman–Crippen LogP) is 3.19.